The van der Waals surface area contributed by atoms with Crippen molar-refractivity contribution in [1.82, 2.24) is 10.1 Å². The van der Waals surface area contributed by atoms with Gasteiger partial charge < -0.3 is 9.26 Å². The highest BCUT2D eigenvalue weighted by Gasteiger charge is 2.38. The molecule has 25 heavy (non-hydrogen) atoms. The zero-order chi connectivity index (χ0) is 18.6. The Morgan fingerprint density at radius 1 is 1.32 bits per heavy atom. The summed E-state index contributed by atoms with van der Waals surface area (Å²) in [6.45, 7) is 7.54. The summed E-state index contributed by atoms with van der Waals surface area (Å²) in [7, 11) is 0. The lowest BCUT2D eigenvalue weighted by molar-refractivity contribution is -0.159. The van der Waals surface area contributed by atoms with Gasteiger partial charge in [-0.15, -0.1) is 0 Å². The minimum Gasteiger partial charge on any atom is -0.369 e. The Hall–Kier alpha value is -2.48. The van der Waals surface area contributed by atoms with Crippen molar-refractivity contribution in [3.63, 3.8) is 0 Å². The molecule has 1 aromatic carbocycles. The Morgan fingerprint density at radius 2 is 2.04 bits per heavy atom. The molecule has 0 unspecified atom stereocenters. The molecule has 5 nitrogen and oxygen atoms in total. The number of rotatable bonds is 7. The summed E-state index contributed by atoms with van der Waals surface area (Å²) in [5.41, 5.74) is 2.70. The molecule has 1 heterocycles. The predicted octanol–water partition coefficient (Wildman–Crippen LogP) is 3.77. The van der Waals surface area contributed by atoms with E-state index in [0.717, 1.165) is 16.7 Å². The average Bonchev–Trinajstić information content (AvgIpc) is 2.99. The molecule has 0 aliphatic rings. The number of ether oxygens (including phenoxy) is 1. The molecule has 0 amide bonds. The van der Waals surface area contributed by atoms with Crippen molar-refractivity contribution >= 4 is 5.78 Å². The third-order valence-corrected chi connectivity index (χ3v) is 3.27. The van der Waals surface area contributed by atoms with Crippen molar-refractivity contribution < 1.29 is 27.2 Å². The SMILES string of the molecule is C=C(C)COCC(=O)Cc1ccc(-c2noc(C(F)(F)F)n2)cc1C. The van der Waals surface area contributed by atoms with E-state index >= 15 is 0 Å². The van der Waals surface area contributed by atoms with Gasteiger partial charge in [0.05, 0.1) is 6.61 Å². The fourth-order valence-corrected chi connectivity index (χ4v) is 2.09. The van der Waals surface area contributed by atoms with Crippen LogP contribution >= 0.6 is 0 Å². The van der Waals surface area contributed by atoms with Crippen LogP contribution in [0.25, 0.3) is 11.4 Å². The third kappa shape index (κ3) is 5.25. The van der Waals surface area contributed by atoms with Gasteiger partial charge in [-0.05, 0) is 31.0 Å². The number of hydrogen-bond acceptors (Lipinski definition) is 5. The quantitative estimate of drug-likeness (QED) is 0.708. The van der Waals surface area contributed by atoms with E-state index in [1.54, 1.807) is 32.0 Å². The van der Waals surface area contributed by atoms with Crippen LogP contribution in [0.15, 0.2) is 34.9 Å². The van der Waals surface area contributed by atoms with Crippen molar-refractivity contribution in [2.75, 3.05) is 13.2 Å². The van der Waals surface area contributed by atoms with Crippen molar-refractivity contribution in [2.45, 2.75) is 26.4 Å². The van der Waals surface area contributed by atoms with Crippen molar-refractivity contribution in [3.05, 3.63) is 47.4 Å². The lowest BCUT2D eigenvalue weighted by Gasteiger charge is -2.07. The number of benzene rings is 1. The Balaban J connectivity index is 2.06. The zero-order valence-electron chi connectivity index (χ0n) is 13.8. The van der Waals surface area contributed by atoms with Crippen molar-refractivity contribution in [2.24, 2.45) is 0 Å². The number of carbonyl (C=O) groups excluding carboxylic acids is 1. The molecule has 0 aliphatic heterocycles. The smallest absolute Gasteiger partial charge is 0.369 e. The van der Waals surface area contributed by atoms with Gasteiger partial charge in [0.1, 0.15) is 6.61 Å². The maximum atomic E-state index is 12.5. The molecule has 1 aromatic heterocycles. The largest absolute Gasteiger partial charge is 0.471 e. The van der Waals surface area contributed by atoms with Crippen LogP contribution in [0.1, 0.15) is 23.9 Å². The molecular weight excluding hydrogens is 337 g/mol. The van der Waals surface area contributed by atoms with Crippen LogP contribution in [0, 0.1) is 6.92 Å². The van der Waals surface area contributed by atoms with Gasteiger partial charge in [-0.2, -0.15) is 18.2 Å². The summed E-state index contributed by atoms with van der Waals surface area (Å²) in [5, 5.41) is 3.34. The van der Waals surface area contributed by atoms with Gasteiger partial charge in [0, 0.05) is 12.0 Å². The van der Waals surface area contributed by atoms with Crippen LogP contribution in [-0.4, -0.2) is 29.1 Å². The number of halogens is 3. The lowest BCUT2D eigenvalue weighted by Crippen LogP contribution is -2.13. The van der Waals surface area contributed by atoms with E-state index in [4.69, 9.17) is 4.74 Å². The van der Waals surface area contributed by atoms with Crippen molar-refractivity contribution in [3.8, 4) is 11.4 Å². The molecule has 8 heteroatoms. The van der Waals surface area contributed by atoms with Crippen molar-refractivity contribution in [1.29, 1.82) is 0 Å². The first-order chi connectivity index (χ1) is 11.7. The monoisotopic (exact) mass is 354 g/mol. The van der Waals surface area contributed by atoms with Gasteiger partial charge in [0.15, 0.2) is 5.78 Å². The van der Waals surface area contributed by atoms with Gasteiger partial charge in [-0.1, -0.05) is 29.4 Å². The second kappa shape index (κ2) is 7.60. The first-order valence-electron chi connectivity index (χ1n) is 7.41. The number of aromatic nitrogens is 2. The van der Waals surface area contributed by atoms with E-state index in [9.17, 15) is 18.0 Å². The number of carbonyl (C=O) groups is 1. The fourth-order valence-electron chi connectivity index (χ4n) is 2.09. The number of hydrogen-bond donors (Lipinski definition) is 0. The fraction of sp³-hybridized carbons (Fsp3) is 0.353. The predicted molar refractivity (Wildman–Crippen MR) is 83.8 cm³/mol. The van der Waals surface area contributed by atoms with Crippen LogP contribution in [0.2, 0.25) is 0 Å². The van der Waals surface area contributed by atoms with Crippen LogP contribution in [-0.2, 0) is 22.1 Å². The van der Waals surface area contributed by atoms with E-state index in [1.807, 2.05) is 0 Å². The third-order valence-electron chi connectivity index (χ3n) is 3.27. The minimum absolute atomic E-state index is 0.0200. The summed E-state index contributed by atoms with van der Waals surface area (Å²) in [6, 6.07) is 4.82. The molecule has 0 atom stereocenters. The van der Waals surface area contributed by atoms with Crippen LogP contribution in [0.5, 0.6) is 0 Å². The highest BCUT2D eigenvalue weighted by Crippen LogP contribution is 2.29. The highest BCUT2D eigenvalue weighted by atomic mass is 19.4. The summed E-state index contributed by atoms with van der Waals surface area (Å²) < 4.78 is 46.9. The highest BCUT2D eigenvalue weighted by molar-refractivity contribution is 5.82. The molecule has 0 N–H and O–H groups in total. The van der Waals surface area contributed by atoms with E-state index in [2.05, 4.69) is 21.2 Å². The van der Waals surface area contributed by atoms with Crippen LogP contribution in [0.3, 0.4) is 0 Å². The van der Waals surface area contributed by atoms with E-state index in [0.29, 0.717) is 12.2 Å². The van der Waals surface area contributed by atoms with E-state index in [1.165, 1.54) is 0 Å². The first kappa shape index (κ1) is 18.9. The Kier molecular flexibility index (Phi) is 5.73. The van der Waals surface area contributed by atoms with Gasteiger partial charge in [-0.25, -0.2) is 0 Å². The molecule has 0 saturated heterocycles. The second-order valence-electron chi connectivity index (χ2n) is 5.73. The normalized spacial score (nSPS) is 11.6. The minimum atomic E-state index is -4.68. The summed E-state index contributed by atoms with van der Waals surface area (Å²) >= 11 is 0. The molecular formula is C17H17F3N2O3. The van der Waals surface area contributed by atoms with Crippen LogP contribution in [0.4, 0.5) is 13.2 Å². The molecule has 2 aromatic rings. The number of Topliss-reactive ketones (excluding diaryl/α,β-unsaturated/α-hetero) is 1. The molecule has 0 bridgehead atoms. The van der Waals surface area contributed by atoms with Gasteiger partial charge in [0.2, 0.25) is 5.82 Å². The number of aryl methyl sites for hydroxylation is 1. The average molecular weight is 354 g/mol. The second-order valence-corrected chi connectivity index (χ2v) is 5.73. The van der Waals surface area contributed by atoms with Gasteiger partial charge >= 0.3 is 12.1 Å². The van der Waals surface area contributed by atoms with E-state index < -0.39 is 12.1 Å². The van der Waals surface area contributed by atoms with E-state index in [-0.39, 0.29) is 24.6 Å². The maximum absolute atomic E-state index is 12.5. The summed E-state index contributed by atoms with van der Waals surface area (Å²) in [5.74, 6) is -1.65. The molecule has 0 radical (unpaired) electrons. The summed E-state index contributed by atoms with van der Waals surface area (Å²) in [4.78, 5) is 15.2. The Morgan fingerprint density at radius 3 is 2.60 bits per heavy atom. The molecule has 0 aliphatic carbocycles. The molecule has 0 saturated carbocycles. The zero-order valence-corrected chi connectivity index (χ0v) is 13.8. The number of nitrogens with zero attached hydrogens (tertiary/aromatic N) is 2. The molecule has 134 valence electrons. The number of ketones is 1. The number of alkyl halides is 3. The van der Waals surface area contributed by atoms with Crippen LogP contribution < -0.4 is 0 Å². The molecule has 2 rings (SSSR count). The topological polar surface area (TPSA) is 65.2 Å². The standard InChI is InChI=1S/C17H17F3N2O3/c1-10(2)8-24-9-14(23)7-12-4-5-13(6-11(12)3)15-21-16(25-22-15)17(18,19)20/h4-6H,1,7-9H2,2-3H3. The van der Waals surface area contributed by atoms with Gasteiger partial charge in [-0.3, -0.25) is 4.79 Å². The Labute approximate surface area is 142 Å². The molecule has 0 spiro atoms. The lowest BCUT2D eigenvalue weighted by atomic mass is 10.0. The Bertz CT molecular complexity index is 782. The first-order valence-corrected chi connectivity index (χ1v) is 7.41. The summed E-state index contributed by atoms with van der Waals surface area (Å²) in [6.07, 6.45) is -4.52. The molecule has 0 fully saturated rings. The van der Waals surface area contributed by atoms with Gasteiger partial charge in [0.25, 0.3) is 0 Å². The maximum Gasteiger partial charge on any atom is 0.471 e.